The van der Waals surface area contributed by atoms with E-state index in [2.05, 4.69) is 21.3 Å². The van der Waals surface area contributed by atoms with E-state index in [9.17, 15) is 29.1 Å². The van der Waals surface area contributed by atoms with E-state index < -0.39 is 66.4 Å². The highest BCUT2D eigenvalue weighted by molar-refractivity contribution is 6.35. The maximum atomic E-state index is 13.6. The van der Waals surface area contributed by atoms with Gasteiger partial charge in [0.15, 0.2) is 6.61 Å². The minimum absolute atomic E-state index is 0.233. The van der Waals surface area contributed by atoms with Gasteiger partial charge < -0.3 is 36.8 Å². The summed E-state index contributed by atoms with van der Waals surface area (Å²) in [5.74, 6) is -4.13. The van der Waals surface area contributed by atoms with Crippen molar-refractivity contribution in [3.63, 3.8) is 0 Å². The second-order valence-electron chi connectivity index (χ2n) is 12.8. The monoisotopic (exact) mass is 721 g/mol. The van der Waals surface area contributed by atoms with Crippen LogP contribution in [0, 0.1) is 17.8 Å². The van der Waals surface area contributed by atoms with Crippen LogP contribution in [0.5, 0.6) is 5.75 Å². The number of carbonyl (C=O) groups is 5. The maximum Gasteiger partial charge on any atom is 0.326 e. The third kappa shape index (κ3) is 13.5. The van der Waals surface area contributed by atoms with Crippen molar-refractivity contribution < 1.29 is 33.8 Å². The van der Waals surface area contributed by atoms with Gasteiger partial charge in [0, 0.05) is 23.5 Å². The van der Waals surface area contributed by atoms with Crippen LogP contribution in [0.25, 0.3) is 0 Å². The summed E-state index contributed by atoms with van der Waals surface area (Å²) >= 11 is 12.1. The number of amides is 4. The molecule has 0 fully saturated rings. The van der Waals surface area contributed by atoms with Crippen LogP contribution in [0.15, 0.2) is 48.5 Å². The van der Waals surface area contributed by atoms with E-state index in [4.69, 9.17) is 33.7 Å². The first-order valence-corrected chi connectivity index (χ1v) is 17.1. The first-order valence-electron chi connectivity index (χ1n) is 16.3. The highest BCUT2D eigenvalue weighted by Crippen LogP contribution is 2.27. The predicted octanol–water partition coefficient (Wildman–Crippen LogP) is 3.71. The van der Waals surface area contributed by atoms with Crippen molar-refractivity contribution >= 4 is 52.8 Å². The quantitative estimate of drug-likeness (QED) is 0.127. The van der Waals surface area contributed by atoms with Crippen LogP contribution in [-0.2, 0) is 30.4 Å². The molecule has 6 atom stereocenters. The van der Waals surface area contributed by atoms with Gasteiger partial charge in [-0.05, 0) is 47.9 Å². The summed E-state index contributed by atoms with van der Waals surface area (Å²) in [6, 6.07) is 9.13. The average Bonchev–Trinajstić information content (AvgIpc) is 3.03. The molecule has 14 heteroatoms. The number of nitrogens with two attached hydrogens (primary N) is 1. The van der Waals surface area contributed by atoms with Crippen LogP contribution in [0.3, 0.4) is 0 Å². The number of carboxylic acid groups (broad SMARTS) is 1. The van der Waals surface area contributed by atoms with E-state index in [1.54, 1.807) is 40.7 Å². The lowest BCUT2D eigenvalue weighted by atomic mass is 9.94. The topological polar surface area (TPSA) is 189 Å². The van der Waals surface area contributed by atoms with Crippen molar-refractivity contribution in [3.05, 3.63) is 64.1 Å². The number of aliphatic carboxylic acids is 1. The third-order valence-electron chi connectivity index (χ3n) is 8.12. The van der Waals surface area contributed by atoms with Crippen LogP contribution in [0.1, 0.15) is 59.9 Å². The molecule has 2 aromatic carbocycles. The molecule has 0 aliphatic heterocycles. The fraction of sp³-hybridized carbons (Fsp3) is 0.514. The van der Waals surface area contributed by atoms with Gasteiger partial charge in [-0.3, -0.25) is 19.2 Å². The summed E-state index contributed by atoms with van der Waals surface area (Å²) in [5, 5.41) is 21.1. The Labute approximate surface area is 298 Å². The van der Waals surface area contributed by atoms with Gasteiger partial charge >= 0.3 is 5.97 Å². The van der Waals surface area contributed by atoms with Crippen LogP contribution >= 0.6 is 23.2 Å². The van der Waals surface area contributed by atoms with Gasteiger partial charge in [0.1, 0.15) is 23.9 Å². The van der Waals surface area contributed by atoms with Gasteiger partial charge in [-0.1, -0.05) is 101 Å². The van der Waals surface area contributed by atoms with E-state index in [0.29, 0.717) is 11.4 Å². The molecular weight excluding hydrogens is 673 g/mol. The predicted molar refractivity (Wildman–Crippen MR) is 189 cm³/mol. The number of nitrogens with one attached hydrogen (secondary N) is 4. The molecule has 0 aromatic heterocycles. The molecule has 0 saturated carbocycles. The Balaban J connectivity index is 2.18. The fourth-order valence-electron chi connectivity index (χ4n) is 4.98. The Kier molecular flexibility index (Phi) is 16.8. The Morgan fingerprint density at radius 2 is 1.39 bits per heavy atom. The molecule has 0 saturated heterocycles. The van der Waals surface area contributed by atoms with Crippen molar-refractivity contribution in [2.24, 2.45) is 23.5 Å². The number of halogens is 2. The zero-order valence-corrected chi connectivity index (χ0v) is 30.3. The number of carboxylic acids is 1. The second-order valence-corrected chi connectivity index (χ2v) is 13.7. The summed E-state index contributed by atoms with van der Waals surface area (Å²) in [6.45, 7) is 10.1. The van der Waals surface area contributed by atoms with Crippen molar-refractivity contribution in [2.75, 3.05) is 6.61 Å². The molecule has 2 rings (SSSR count). The maximum absolute atomic E-state index is 13.6. The largest absolute Gasteiger partial charge is 0.482 e. The van der Waals surface area contributed by atoms with Gasteiger partial charge in [-0.25, -0.2) is 4.79 Å². The number of rotatable bonds is 19. The highest BCUT2D eigenvalue weighted by Gasteiger charge is 2.33. The molecule has 4 amide bonds. The lowest BCUT2D eigenvalue weighted by molar-refractivity contribution is -0.143. The molecule has 7 N–H and O–H groups in total. The Hall–Kier alpha value is -3.87. The smallest absolute Gasteiger partial charge is 0.326 e. The van der Waals surface area contributed by atoms with Gasteiger partial charge in [-0.15, -0.1) is 0 Å². The molecule has 0 bridgehead atoms. The lowest BCUT2D eigenvalue weighted by Gasteiger charge is -2.30. The van der Waals surface area contributed by atoms with Gasteiger partial charge in [0.05, 0.1) is 5.02 Å². The number of benzene rings is 2. The van der Waals surface area contributed by atoms with Gasteiger partial charge in [0.25, 0.3) is 5.91 Å². The molecule has 2 unspecified atom stereocenters. The molecule has 270 valence electrons. The van der Waals surface area contributed by atoms with Crippen LogP contribution < -0.4 is 31.7 Å². The molecule has 12 nitrogen and oxygen atoms in total. The van der Waals surface area contributed by atoms with Crippen LogP contribution in [0.2, 0.25) is 10.0 Å². The fourth-order valence-corrected chi connectivity index (χ4v) is 5.45. The van der Waals surface area contributed by atoms with E-state index in [-0.39, 0.29) is 41.4 Å². The van der Waals surface area contributed by atoms with E-state index in [0.717, 1.165) is 5.56 Å². The van der Waals surface area contributed by atoms with Crippen molar-refractivity contribution in [2.45, 2.75) is 91.0 Å². The molecule has 49 heavy (non-hydrogen) atoms. The zero-order valence-electron chi connectivity index (χ0n) is 28.8. The second kappa shape index (κ2) is 20.0. The third-order valence-corrected chi connectivity index (χ3v) is 8.66. The SMILES string of the molecule is CC[C@H](C)[C@H](NC(=O)CC(N)C(Cc1ccccc1)NC(=O)[C@@H](NC(=O)COc1ccc(Cl)cc1Cl)C(C)C)C(=O)N[C@H](C(=O)O)C(C)C. The number of hydrogen-bond donors (Lipinski definition) is 6. The van der Waals surface area contributed by atoms with Crippen LogP contribution in [-0.4, -0.2) is 71.5 Å². The first kappa shape index (κ1) is 41.3. The molecule has 0 aliphatic carbocycles. The van der Waals surface area contributed by atoms with E-state index in [1.807, 2.05) is 37.3 Å². The Morgan fingerprint density at radius 1 is 0.796 bits per heavy atom. The van der Waals surface area contributed by atoms with E-state index >= 15 is 0 Å². The Bertz CT molecular complexity index is 1430. The molecular formula is C35H49Cl2N5O7. The van der Waals surface area contributed by atoms with Crippen molar-refractivity contribution in [1.29, 1.82) is 0 Å². The average molecular weight is 723 g/mol. The van der Waals surface area contributed by atoms with Crippen molar-refractivity contribution in [3.8, 4) is 5.75 Å². The van der Waals surface area contributed by atoms with Gasteiger partial charge in [0.2, 0.25) is 17.7 Å². The van der Waals surface area contributed by atoms with Crippen molar-refractivity contribution in [1.82, 2.24) is 21.3 Å². The Morgan fingerprint density at radius 3 is 1.94 bits per heavy atom. The summed E-state index contributed by atoms with van der Waals surface area (Å²) in [4.78, 5) is 64.6. The minimum atomic E-state index is -1.17. The molecule has 0 spiro atoms. The van der Waals surface area contributed by atoms with E-state index in [1.165, 1.54) is 12.1 Å². The molecule has 0 heterocycles. The molecule has 0 aliphatic rings. The normalized spacial score (nSPS) is 14.9. The zero-order chi connectivity index (χ0) is 36.8. The summed E-state index contributed by atoms with van der Waals surface area (Å²) in [6.07, 6.45) is 0.567. The minimum Gasteiger partial charge on any atom is -0.482 e. The molecule has 2 aromatic rings. The van der Waals surface area contributed by atoms with Gasteiger partial charge in [-0.2, -0.15) is 0 Å². The number of carbonyl (C=O) groups excluding carboxylic acids is 4. The highest BCUT2D eigenvalue weighted by atomic mass is 35.5. The first-order chi connectivity index (χ1) is 23.0. The standard InChI is InChI=1S/C35H49Cl2N5O7/c1-7-21(6)32(34(46)42-31(20(4)5)35(47)48)40-28(43)17-25(38)26(15-22-11-9-8-10-12-22)39-33(45)30(19(2)3)41-29(44)18-49-27-14-13-23(36)16-24(27)37/h8-14,16,19-21,25-26,30-32H,7,15,17-18,38H2,1-6H3,(H,39,45)(H,40,43)(H,41,44)(H,42,46)(H,47,48)/t21-,25?,26?,30-,31-,32-/m0/s1. The summed E-state index contributed by atoms with van der Waals surface area (Å²) in [5.41, 5.74) is 7.42. The lowest BCUT2D eigenvalue weighted by Crippen LogP contribution is -2.58. The summed E-state index contributed by atoms with van der Waals surface area (Å²) in [7, 11) is 0. The number of hydrogen-bond acceptors (Lipinski definition) is 7. The van der Waals surface area contributed by atoms with Crippen LogP contribution in [0.4, 0.5) is 0 Å². The number of ether oxygens (including phenoxy) is 1. The molecule has 0 radical (unpaired) electrons. The summed E-state index contributed by atoms with van der Waals surface area (Å²) < 4.78 is 5.52.